The topological polar surface area (TPSA) is 50.8 Å². The number of nitrogens with one attached hydrogen (secondary N) is 1. The van der Waals surface area contributed by atoms with Gasteiger partial charge in [0.1, 0.15) is 12.4 Å². The van der Waals surface area contributed by atoms with Gasteiger partial charge in [-0.05, 0) is 54.8 Å². The quantitative estimate of drug-likeness (QED) is 0.348. The minimum atomic E-state index is -0.131. The zero-order valence-electron chi connectivity index (χ0n) is 20.9. The van der Waals surface area contributed by atoms with Gasteiger partial charge < -0.3 is 14.8 Å². The van der Waals surface area contributed by atoms with Crippen molar-refractivity contribution in [3.8, 4) is 16.9 Å². The van der Waals surface area contributed by atoms with Crippen molar-refractivity contribution in [2.45, 2.75) is 13.8 Å². The van der Waals surface area contributed by atoms with Gasteiger partial charge in [-0.1, -0.05) is 60.2 Å². The third-order valence-corrected chi connectivity index (χ3v) is 6.73. The third kappa shape index (κ3) is 5.43. The van der Waals surface area contributed by atoms with Crippen LogP contribution in [0.4, 0.5) is 5.69 Å². The Bertz CT molecular complexity index is 1380. The zero-order valence-corrected chi connectivity index (χ0v) is 20.9. The number of ether oxygens (including phenoxy) is 2. The number of amides is 1. The molecule has 36 heavy (non-hydrogen) atoms. The molecule has 1 amide bonds. The van der Waals surface area contributed by atoms with E-state index in [1.165, 1.54) is 11.1 Å². The van der Waals surface area contributed by atoms with Crippen LogP contribution in [0.1, 0.15) is 21.5 Å². The van der Waals surface area contributed by atoms with Crippen LogP contribution in [0.3, 0.4) is 0 Å². The smallest absolute Gasteiger partial charge is 0.255 e. The molecule has 4 aromatic carbocycles. The molecule has 1 heterocycles. The highest BCUT2D eigenvalue weighted by Crippen LogP contribution is 2.32. The number of nitrogens with zero attached hydrogens (tertiary/aromatic N) is 1. The molecule has 1 aliphatic rings. The first-order chi connectivity index (χ1) is 17.6. The molecule has 5 heteroatoms. The van der Waals surface area contributed by atoms with Gasteiger partial charge in [0.2, 0.25) is 0 Å². The number of aryl methyl sites for hydroxylation is 2. The Kier molecular flexibility index (Phi) is 7.31. The van der Waals surface area contributed by atoms with Crippen LogP contribution in [-0.2, 0) is 4.74 Å². The molecular weight excluding hydrogens is 448 g/mol. The predicted molar refractivity (Wildman–Crippen MR) is 146 cm³/mol. The van der Waals surface area contributed by atoms with Crippen LogP contribution in [0, 0.1) is 13.8 Å². The molecule has 0 unspecified atom stereocenters. The molecule has 5 rings (SSSR count). The summed E-state index contributed by atoms with van der Waals surface area (Å²) in [6.45, 7) is 9.11. The molecule has 5 nitrogen and oxygen atoms in total. The second kappa shape index (κ2) is 10.9. The van der Waals surface area contributed by atoms with E-state index in [0.717, 1.165) is 66.2 Å². The van der Waals surface area contributed by atoms with Crippen molar-refractivity contribution in [1.29, 1.82) is 0 Å². The van der Waals surface area contributed by atoms with Crippen molar-refractivity contribution in [2.24, 2.45) is 0 Å². The molecule has 0 aliphatic carbocycles. The summed E-state index contributed by atoms with van der Waals surface area (Å²) < 4.78 is 11.6. The maximum Gasteiger partial charge on any atom is 0.255 e. The van der Waals surface area contributed by atoms with Crippen molar-refractivity contribution in [1.82, 2.24) is 4.90 Å². The number of hydrogen-bond acceptors (Lipinski definition) is 4. The zero-order chi connectivity index (χ0) is 24.9. The van der Waals surface area contributed by atoms with E-state index < -0.39 is 0 Å². The number of fused-ring (bicyclic) bond motifs is 1. The van der Waals surface area contributed by atoms with Crippen LogP contribution in [0.2, 0.25) is 0 Å². The van der Waals surface area contributed by atoms with Crippen molar-refractivity contribution in [2.75, 3.05) is 44.8 Å². The molecule has 0 bridgehead atoms. The fraction of sp³-hybridized carbons (Fsp3) is 0.258. The van der Waals surface area contributed by atoms with E-state index in [1.807, 2.05) is 54.6 Å². The van der Waals surface area contributed by atoms with Crippen molar-refractivity contribution >= 4 is 22.4 Å². The summed E-state index contributed by atoms with van der Waals surface area (Å²) in [6.07, 6.45) is 0. The standard InChI is InChI=1S/C31H32N2O3/c1-22-10-11-23(2)28(20-22)24-6-5-7-25(21-24)31(34)32-29-12-13-30(27-9-4-3-8-26(27)29)36-19-16-33-14-17-35-18-15-33/h3-13,20-21H,14-19H2,1-2H3,(H,32,34). The van der Waals surface area contributed by atoms with Gasteiger partial charge >= 0.3 is 0 Å². The highest BCUT2D eigenvalue weighted by Gasteiger charge is 2.14. The molecular formula is C31H32N2O3. The van der Waals surface area contributed by atoms with E-state index in [0.29, 0.717) is 12.2 Å². The summed E-state index contributed by atoms with van der Waals surface area (Å²) in [6, 6.07) is 26.1. The molecule has 0 radical (unpaired) electrons. The fourth-order valence-corrected chi connectivity index (χ4v) is 4.69. The number of morpholine rings is 1. The van der Waals surface area contributed by atoms with Crippen molar-refractivity contribution in [3.05, 3.63) is 95.6 Å². The Labute approximate surface area is 212 Å². The lowest BCUT2D eigenvalue weighted by atomic mass is 9.97. The largest absolute Gasteiger partial charge is 0.492 e. The number of carbonyl (C=O) groups is 1. The Morgan fingerprint density at radius 2 is 1.72 bits per heavy atom. The number of hydrogen-bond donors (Lipinski definition) is 1. The Hall–Kier alpha value is -3.67. The van der Waals surface area contributed by atoms with Crippen molar-refractivity contribution in [3.63, 3.8) is 0 Å². The van der Waals surface area contributed by atoms with Gasteiger partial charge in [0.15, 0.2) is 0 Å². The van der Waals surface area contributed by atoms with Gasteiger partial charge in [-0.3, -0.25) is 9.69 Å². The third-order valence-electron chi connectivity index (χ3n) is 6.73. The lowest BCUT2D eigenvalue weighted by molar-refractivity contribution is 0.0323. The van der Waals surface area contributed by atoms with E-state index >= 15 is 0 Å². The van der Waals surface area contributed by atoms with Gasteiger partial charge in [-0.25, -0.2) is 0 Å². The van der Waals surface area contributed by atoms with E-state index in [4.69, 9.17) is 9.47 Å². The summed E-state index contributed by atoms with van der Waals surface area (Å²) in [5.41, 5.74) is 5.97. The highest BCUT2D eigenvalue weighted by molar-refractivity contribution is 6.10. The summed E-state index contributed by atoms with van der Waals surface area (Å²) >= 11 is 0. The van der Waals surface area contributed by atoms with Crippen LogP contribution in [0.15, 0.2) is 78.9 Å². The predicted octanol–water partition coefficient (Wildman–Crippen LogP) is 6.09. The highest BCUT2D eigenvalue weighted by atomic mass is 16.5. The molecule has 184 valence electrons. The van der Waals surface area contributed by atoms with Gasteiger partial charge in [0, 0.05) is 41.7 Å². The lowest BCUT2D eigenvalue weighted by Crippen LogP contribution is -2.38. The Balaban J connectivity index is 1.34. The molecule has 1 N–H and O–H groups in total. The SMILES string of the molecule is Cc1ccc(C)c(-c2cccc(C(=O)Nc3ccc(OCCN4CCOCC4)c4ccccc34)c2)c1. The lowest BCUT2D eigenvalue weighted by Gasteiger charge is -2.26. The van der Waals surface area contributed by atoms with E-state index in [1.54, 1.807) is 0 Å². The first kappa shape index (κ1) is 24.0. The Morgan fingerprint density at radius 1 is 0.917 bits per heavy atom. The first-order valence-electron chi connectivity index (χ1n) is 12.5. The number of anilines is 1. The minimum absolute atomic E-state index is 0.131. The van der Waals surface area contributed by atoms with Gasteiger partial charge in [0.25, 0.3) is 5.91 Å². The maximum atomic E-state index is 13.3. The molecule has 0 aromatic heterocycles. The minimum Gasteiger partial charge on any atom is -0.492 e. The molecule has 1 aliphatic heterocycles. The van der Waals surface area contributed by atoms with Gasteiger partial charge in [-0.2, -0.15) is 0 Å². The van der Waals surface area contributed by atoms with Crippen molar-refractivity contribution < 1.29 is 14.3 Å². The van der Waals surface area contributed by atoms with E-state index in [9.17, 15) is 4.79 Å². The normalized spacial score (nSPS) is 14.1. The summed E-state index contributed by atoms with van der Waals surface area (Å²) in [5.74, 6) is 0.696. The van der Waals surface area contributed by atoms with Crippen LogP contribution in [-0.4, -0.2) is 50.3 Å². The van der Waals surface area contributed by atoms with Crippen LogP contribution >= 0.6 is 0 Å². The van der Waals surface area contributed by atoms with Crippen LogP contribution in [0.5, 0.6) is 5.75 Å². The molecule has 0 atom stereocenters. The molecule has 0 spiro atoms. The summed E-state index contributed by atoms with van der Waals surface area (Å²) in [7, 11) is 0. The molecule has 0 saturated carbocycles. The van der Waals surface area contributed by atoms with Crippen LogP contribution in [0.25, 0.3) is 21.9 Å². The summed E-state index contributed by atoms with van der Waals surface area (Å²) in [5, 5.41) is 5.07. The molecule has 4 aromatic rings. The second-order valence-electron chi connectivity index (χ2n) is 9.31. The average Bonchev–Trinajstić information content (AvgIpc) is 2.92. The molecule has 1 saturated heterocycles. The first-order valence-corrected chi connectivity index (χ1v) is 12.5. The van der Waals surface area contributed by atoms with Crippen LogP contribution < -0.4 is 10.1 Å². The number of carbonyl (C=O) groups excluding carboxylic acids is 1. The Morgan fingerprint density at radius 3 is 2.56 bits per heavy atom. The fourth-order valence-electron chi connectivity index (χ4n) is 4.69. The number of benzene rings is 4. The number of rotatable bonds is 7. The van der Waals surface area contributed by atoms with Gasteiger partial charge in [-0.15, -0.1) is 0 Å². The average molecular weight is 481 g/mol. The van der Waals surface area contributed by atoms with E-state index in [-0.39, 0.29) is 5.91 Å². The monoisotopic (exact) mass is 480 g/mol. The molecule has 1 fully saturated rings. The maximum absolute atomic E-state index is 13.3. The van der Waals surface area contributed by atoms with Gasteiger partial charge in [0.05, 0.1) is 13.2 Å². The van der Waals surface area contributed by atoms with E-state index in [2.05, 4.69) is 48.3 Å². The second-order valence-corrected chi connectivity index (χ2v) is 9.31. The summed E-state index contributed by atoms with van der Waals surface area (Å²) in [4.78, 5) is 15.6.